The summed E-state index contributed by atoms with van der Waals surface area (Å²) in [7, 11) is 0. The molecule has 0 aromatic heterocycles. The van der Waals surface area contributed by atoms with Gasteiger partial charge in [-0.1, -0.05) is 54.6 Å². The molecule has 0 radical (unpaired) electrons. The predicted octanol–water partition coefficient (Wildman–Crippen LogP) is 4.54. The lowest BCUT2D eigenvalue weighted by Gasteiger charge is -2.06. The summed E-state index contributed by atoms with van der Waals surface area (Å²) >= 11 is 0. The number of hydrogen-bond donors (Lipinski definition) is 2. The fourth-order valence-electron chi connectivity index (χ4n) is 2.65. The van der Waals surface area contributed by atoms with Gasteiger partial charge >= 0.3 is 5.97 Å². The number of aliphatic carboxylic acids is 1. The zero-order chi connectivity index (χ0) is 20.5. The molecule has 29 heavy (non-hydrogen) atoms. The number of hydrogen-bond acceptors (Lipinski definition) is 3. The zero-order valence-corrected chi connectivity index (χ0v) is 15.7. The lowest BCUT2D eigenvalue weighted by Crippen LogP contribution is -2.08. The molecule has 0 bridgehead atoms. The molecule has 146 valence electrons. The first kappa shape index (κ1) is 19.9. The van der Waals surface area contributed by atoms with E-state index < -0.39 is 5.97 Å². The van der Waals surface area contributed by atoms with Crippen molar-refractivity contribution < 1.29 is 19.4 Å². The van der Waals surface area contributed by atoms with Crippen LogP contribution in [0.4, 0.5) is 5.69 Å². The molecular formula is C24H21NO4. The fraction of sp³-hybridized carbons (Fsp3) is 0.0833. The Hall–Kier alpha value is -3.86. The summed E-state index contributed by atoms with van der Waals surface area (Å²) in [6.07, 6.45) is 3.12. The van der Waals surface area contributed by atoms with Crippen LogP contribution in [0, 0.1) is 0 Å². The van der Waals surface area contributed by atoms with E-state index in [0.29, 0.717) is 17.9 Å². The normalized spacial score (nSPS) is 10.6. The van der Waals surface area contributed by atoms with Gasteiger partial charge in [0.2, 0.25) is 5.91 Å². The van der Waals surface area contributed by atoms with Crippen molar-refractivity contribution >= 4 is 23.6 Å². The van der Waals surface area contributed by atoms with Crippen molar-refractivity contribution in [1.82, 2.24) is 0 Å². The molecule has 5 nitrogen and oxygen atoms in total. The maximum atomic E-state index is 12.1. The smallest absolute Gasteiger partial charge is 0.307 e. The van der Waals surface area contributed by atoms with Gasteiger partial charge in [0.1, 0.15) is 12.4 Å². The maximum absolute atomic E-state index is 12.1. The van der Waals surface area contributed by atoms with Crippen molar-refractivity contribution in [1.29, 1.82) is 0 Å². The van der Waals surface area contributed by atoms with Gasteiger partial charge in [-0.3, -0.25) is 9.59 Å². The van der Waals surface area contributed by atoms with E-state index in [0.717, 1.165) is 16.9 Å². The van der Waals surface area contributed by atoms with E-state index >= 15 is 0 Å². The van der Waals surface area contributed by atoms with Gasteiger partial charge in [0.25, 0.3) is 0 Å². The molecule has 3 rings (SSSR count). The average Bonchev–Trinajstić information content (AvgIpc) is 2.73. The minimum Gasteiger partial charge on any atom is -0.489 e. The molecule has 0 atom stereocenters. The zero-order valence-electron chi connectivity index (χ0n) is 15.7. The quantitative estimate of drug-likeness (QED) is 0.556. The standard InChI is InChI=1S/C24H21NO4/c26-23(25-21-11-6-19(7-12-21)16-24(27)28)15-10-18-8-13-22(14-9-18)29-17-20-4-2-1-3-5-20/h1-15H,16-17H2,(H,25,26)(H,27,28)/b15-10+. The number of anilines is 1. The van der Waals surface area contributed by atoms with Crippen LogP contribution in [0.15, 0.2) is 84.9 Å². The van der Waals surface area contributed by atoms with E-state index in [-0.39, 0.29) is 12.3 Å². The van der Waals surface area contributed by atoms with Crippen LogP contribution in [-0.4, -0.2) is 17.0 Å². The molecule has 3 aromatic carbocycles. The fourth-order valence-corrected chi connectivity index (χ4v) is 2.65. The van der Waals surface area contributed by atoms with Gasteiger partial charge in [-0.2, -0.15) is 0 Å². The molecule has 0 saturated carbocycles. The Morgan fingerprint density at radius 3 is 2.21 bits per heavy atom. The first-order valence-corrected chi connectivity index (χ1v) is 9.15. The highest BCUT2D eigenvalue weighted by Crippen LogP contribution is 2.15. The second-order valence-electron chi connectivity index (χ2n) is 6.43. The number of ether oxygens (including phenoxy) is 1. The summed E-state index contributed by atoms with van der Waals surface area (Å²) in [6.45, 7) is 0.504. The lowest BCUT2D eigenvalue weighted by atomic mass is 10.1. The number of carboxylic acid groups (broad SMARTS) is 1. The highest BCUT2D eigenvalue weighted by molar-refractivity contribution is 6.01. The third-order valence-electron chi connectivity index (χ3n) is 4.13. The number of carbonyl (C=O) groups excluding carboxylic acids is 1. The molecule has 0 aliphatic rings. The Balaban J connectivity index is 1.50. The third kappa shape index (κ3) is 6.66. The Morgan fingerprint density at radius 1 is 0.862 bits per heavy atom. The Bertz CT molecular complexity index is 978. The predicted molar refractivity (Wildman–Crippen MR) is 113 cm³/mol. The Kier molecular flexibility index (Phi) is 6.79. The number of benzene rings is 3. The minimum atomic E-state index is -0.888. The molecule has 3 aromatic rings. The van der Waals surface area contributed by atoms with Crippen molar-refractivity contribution in [3.05, 3.63) is 102 Å². The van der Waals surface area contributed by atoms with Gasteiger partial charge in [-0.05, 0) is 47.0 Å². The lowest BCUT2D eigenvalue weighted by molar-refractivity contribution is -0.136. The number of carboxylic acids is 1. The number of carbonyl (C=O) groups is 2. The van der Waals surface area contributed by atoms with Crippen LogP contribution in [0.2, 0.25) is 0 Å². The minimum absolute atomic E-state index is 0.0425. The number of rotatable bonds is 8. The van der Waals surface area contributed by atoms with Crippen LogP contribution in [-0.2, 0) is 22.6 Å². The van der Waals surface area contributed by atoms with Crippen LogP contribution in [0.5, 0.6) is 5.75 Å². The van der Waals surface area contributed by atoms with Crippen molar-refractivity contribution in [3.8, 4) is 5.75 Å². The topological polar surface area (TPSA) is 75.6 Å². The summed E-state index contributed by atoms with van der Waals surface area (Å²) < 4.78 is 5.75. The molecule has 2 N–H and O–H groups in total. The molecule has 0 aliphatic heterocycles. The Labute approximate surface area is 169 Å². The molecule has 0 heterocycles. The first-order chi connectivity index (χ1) is 14.1. The molecule has 0 aliphatic carbocycles. The van der Waals surface area contributed by atoms with Gasteiger partial charge in [-0.15, -0.1) is 0 Å². The van der Waals surface area contributed by atoms with Crippen LogP contribution < -0.4 is 10.1 Å². The van der Waals surface area contributed by atoms with Gasteiger partial charge in [0.05, 0.1) is 6.42 Å². The van der Waals surface area contributed by atoms with Crippen molar-refractivity contribution in [2.75, 3.05) is 5.32 Å². The molecule has 0 saturated heterocycles. The SMILES string of the molecule is O=C(O)Cc1ccc(NC(=O)/C=C/c2ccc(OCc3ccccc3)cc2)cc1. The first-order valence-electron chi connectivity index (χ1n) is 9.15. The molecule has 5 heteroatoms. The summed E-state index contributed by atoms with van der Waals surface area (Å²) in [6, 6.07) is 24.2. The van der Waals surface area contributed by atoms with E-state index in [1.165, 1.54) is 6.08 Å². The second-order valence-corrected chi connectivity index (χ2v) is 6.43. The highest BCUT2D eigenvalue weighted by atomic mass is 16.5. The average molecular weight is 387 g/mol. The number of amides is 1. The summed E-state index contributed by atoms with van der Waals surface area (Å²) in [4.78, 5) is 22.7. The van der Waals surface area contributed by atoms with E-state index in [1.54, 1.807) is 30.3 Å². The van der Waals surface area contributed by atoms with Gasteiger partial charge < -0.3 is 15.2 Å². The van der Waals surface area contributed by atoms with Gasteiger partial charge in [0, 0.05) is 11.8 Å². The van der Waals surface area contributed by atoms with E-state index in [2.05, 4.69) is 5.32 Å². The van der Waals surface area contributed by atoms with Crippen molar-refractivity contribution in [3.63, 3.8) is 0 Å². The van der Waals surface area contributed by atoms with E-state index in [4.69, 9.17) is 9.84 Å². The summed E-state index contributed by atoms with van der Waals surface area (Å²) in [5.74, 6) is -0.390. The highest BCUT2D eigenvalue weighted by Gasteiger charge is 2.02. The van der Waals surface area contributed by atoms with Crippen LogP contribution >= 0.6 is 0 Å². The van der Waals surface area contributed by atoms with Crippen molar-refractivity contribution in [2.45, 2.75) is 13.0 Å². The number of nitrogens with one attached hydrogen (secondary N) is 1. The van der Waals surface area contributed by atoms with E-state index in [1.807, 2.05) is 54.6 Å². The molecule has 0 fully saturated rings. The molecule has 1 amide bonds. The molecule has 0 spiro atoms. The van der Waals surface area contributed by atoms with Crippen LogP contribution in [0.1, 0.15) is 16.7 Å². The molecular weight excluding hydrogens is 366 g/mol. The third-order valence-corrected chi connectivity index (χ3v) is 4.13. The molecule has 0 unspecified atom stereocenters. The Morgan fingerprint density at radius 2 is 1.55 bits per heavy atom. The summed E-state index contributed by atoms with van der Waals surface area (Å²) in [5, 5.41) is 11.5. The van der Waals surface area contributed by atoms with Gasteiger partial charge in [-0.25, -0.2) is 0 Å². The summed E-state index contributed by atoms with van der Waals surface area (Å²) in [5.41, 5.74) is 3.27. The monoisotopic (exact) mass is 387 g/mol. The van der Waals surface area contributed by atoms with Gasteiger partial charge in [0.15, 0.2) is 0 Å². The van der Waals surface area contributed by atoms with Crippen LogP contribution in [0.3, 0.4) is 0 Å². The van der Waals surface area contributed by atoms with E-state index in [9.17, 15) is 9.59 Å². The maximum Gasteiger partial charge on any atom is 0.307 e. The van der Waals surface area contributed by atoms with Crippen molar-refractivity contribution in [2.24, 2.45) is 0 Å². The van der Waals surface area contributed by atoms with Crippen LogP contribution in [0.25, 0.3) is 6.08 Å². The largest absolute Gasteiger partial charge is 0.489 e. The second kappa shape index (κ2) is 9.90.